The number of alkyl halides is 2. The highest BCUT2D eigenvalue weighted by Crippen LogP contribution is 2.11. The first kappa shape index (κ1) is 13.7. The van der Waals surface area contributed by atoms with Gasteiger partial charge < -0.3 is 9.64 Å². The van der Waals surface area contributed by atoms with E-state index in [1.54, 1.807) is 0 Å². The molecule has 3 nitrogen and oxygen atoms in total. The highest BCUT2D eigenvalue weighted by atomic mass is 35.5. The van der Waals surface area contributed by atoms with Crippen LogP contribution in [-0.2, 0) is 4.79 Å². The van der Waals surface area contributed by atoms with Gasteiger partial charge in [0, 0.05) is 7.05 Å². The van der Waals surface area contributed by atoms with Crippen molar-refractivity contribution < 1.29 is 18.3 Å². The summed E-state index contributed by atoms with van der Waals surface area (Å²) in [6.45, 7) is 0.376. The third kappa shape index (κ3) is 4.56. The molecule has 1 atom stereocenters. The summed E-state index contributed by atoms with van der Waals surface area (Å²) >= 11 is 5.00. The molecular formula is C11H12ClF2NO2. The lowest BCUT2D eigenvalue weighted by molar-refractivity contribution is -0.132. The van der Waals surface area contributed by atoms with Gasteiger partial charge in [0.15, 0.2) is 0 Å². The third-order valence-electron chi connectivity index (χ3n) is 2.07. The number of ether oxygens (including phenoxy) is 1. The van der Waals surface area contributed by atoms with E-state index >= 15 is 0 Å². The zero-order valence-electron chi connectivity index (χ0n) is 9.20. The van der Waals surface area contributed by atoms with Crippen molar-refractivity contribution in [3.05, 3.63) is 30.1 Å². The molecule has 0 saturated heterocycles. The van der Waals surface area contributed by atoms with Crippen molar-refractivity contribution in [3.8, 4) is 5.75 Å². The van der Waals surface area contributed by atoms with E-state index in [4.69, 9.17) is 16.3 Å². The number of amides is 1. The highest BCUT2D eigenvalue weighted by Gasteiger charge is 2.17. The van der Waals surface area contributed by atoms with Gasteiger partial charge >= 0.3 is 0 Å². The van der Waals surface area contributed by atoms with E-state index < -0.39 is 11.5 Å². The molecule has 0 fully saturated rings. The number of likely N-dealkylation sites (N-methyl/N-ethyl adjacent to an activating group) is 1. The Morgan fingerprint density at radius 3 is 2.59 bits per heavy atom. The second-order valence-electron chi connectivity index (χ2n) is 3.36. The Kier molecular flexibility index (Phi) is 5.15. The topological polar surface area (TPSA) is 29.5 Å². The van der Waals surface area contributed by atoms with Crippen LogP contribution in [-0.4, -0.2) is 36.6 Å². The fraction of sp³-hybridized carbons (Fsp3) is 0.364. The van der Waals surface area contributed by atoms with Crippen molar-refractivity contribution in [2.45, 2.75) is 5.63 Å². The molecule has 0 spiro atoms. The monoisotopic (exact) mass is 263 g/mol. The maximum Gasteiger partial charge on any atom is 0.272 e. The first-order valence-corrected chi connectivity index (χ1v) is 5.36. The Labute approximate surface area is 103 Å². The van der Waals surface area contributed by atoms with Gasteiger partial charge in [-0.2, -0.15) is 0 Å². The van der Waals surface area contributed by atoms with Crippen LogP contribution in [0.3, 0.4) is 0 Å². The molecule has 0 radical (unpaired) electrons. The summed E-state index contributed by atoms with van der Waals surface area (Å²) in [7, 11) is 1.42. The molecule has 17 heavy (non-hydrogen) atoms. The second kappa shape index (κ2) is 6.39. The van der Waals surface area contributed by atoms with Crippen LogP contribution in [0.25, 0.3) is 0 Å². The van der Waals surface area contributed by atoms with Gasteiger partial charge in [-0.15, -0.1) is 0 Å². The average molecular weight is 264 g/mol. The average Bonchev–Trinajstić information content (AvgIpc) is 2.30. The highest BCUT2D eigenvalue weighted by molar-refractivity contribution is 6.29. The molecule has 94 valence electrons. The summed E-state index contributed by atoms with van der Waals surface area (Å²) in [5, 5.41) is 0. The van der Waals surface area contributed by atoms with Gasteiger partial charge in [0.1, 0.15) is 18.2 Å². The van der Waals surface area contributed by atoms with Crippen LogP contribution in [0, 0.1) is 5.82 Å². The number of benzene rings is 1. The maximum atomic E-state index is 12.6. The van der Waals surface area contributed by atoms with E-state index in [9.17, 15) is 13.6 Å². The summed E-state index contributed by atoms with van der Waals surface area (Å²) in [6.07, 6.45) is 0. The molecule has 0 N–H and O–H groups in total. The minimum absolute atomic E-state index is 0.178. The van der Waals surface area contributed by atoms with Crippen LogP contribution in [0.2, 0.25) is 0 Å². The first-order valence-electron chi connectivity index (χ1n) is 4.92. The minimum atomic E-state index is -2.04. The molecule has 1 unspecified atom stereocenters. The van der Waals surface area contributed by atoms with E-state index in [1.165, 1.54) is 31.3 Å². The number of rotatable bonds is 5. The lowest BCUT2D eigenvalue weighted by Crippen LogP contribution is -2.34. The standard InChI is InChI=1S/C11H12ClF2NO2/c1-15(11(16)10(12)14)6-7-17-9-4-2-8(13)3-5-9/h2-5,10H,6-7H2,1H3. The normalized spacial score (nSPS) is 12.0. The molecule has 0 aliphatic rings. The molecule has 1 amide bonds. The van der Waals surface area contributed by atoms with Crippen molar-refractivity contribution in [1.29, 1.82) is 0 Å². The summed E-state index contributed by atoms with van der Waals surface area (Å²) in [4.78, 5) is 12.2. The van der Waals surface area contributed by atoms with Crippen molar-refractivity contribution in [1.82, 2.24) is 4.90 Å². The van der Waals surface area contributed by atoms with Crippen molar-refractivity contribution >= 4 is 17.5 Å². The molecule has 1 aromatic carbocycles. The number of halogens is 3. The van der Waals surface area contributed by atoms with Crippen LogP contribution in [0.1, 0.15) is 0 Å². The lowest BCUT2D eigenvalue weighted by Gasteiger charge is -2.17. The largest absolute Gasteiger partial charge is 0.492 e. The van der Waals surface area contributed by atoms with Crippen LogP contribution >= 0.6 is 11.6 Å². The summed E-state index contributed by atoms with van der Waals surface area (Å²) in [5.74, 6) is -0.684. The van der Waals surface area contributed by atoms with E-state index in [2.05, 4.69) is 0 Å². The molecule has 0 aliphatic carbocycles. The van der Waals surface area contributed by atoms with Gasteiger partial charge in [-0.25, -0.2) is 8.78 Å². The third-order valence-corrected chi connectivity index (χ3v) is 2.26. The van der Waals surface area contributed by atoms with Gasteiger partial charge in [-0.05, 0) is 24.3 Å². The number of hydrogen-bond donors (Lipinski definition) is 0. The quantitative estimate of drug-likeness (QED) is 0.762. The van der Waals surface area contributed by atoms with E-state index in [-0.39, 0.29) is 19.0 Å². The minimum Gasteiger partial charge on any atom is -0.492 e. The van der Waals surface area contributed by atoms with Crippen molar-refractivity contribution in [2.24, 2.45) is 0 Å². The summed E-state index contributed by atoms with van der Waals surface area (Å²) in [5.41, 5.74) is -2.04. The second-order valence-corrected chi connectivity index (χ2v) is 3.75. The first-order chi connectivity index (χ1) is 8.00. The van der Waals surface area contributed by atoms with E-state index in [0.29, 0.717) is 5.75 Å². The molecule has 0 aliphatic heterocycles. The zero-order chi connectivity index (χ0) is 12.8. The Morgan fingerprint density at radius 2 is 2.06 bits per heavy atom. The Balaban J connectivity index is 2.33. The number of nitrogens with zero attached hydrogens (tertiary/aromatic N) is 1. The Hall–Kier alpha value is -1.36. The van der Waals surface area contributed by atoms with Gasteiger partial charge in [-0.3, -0.25) is 4.79 Å². The summed E-state index contributed by atoms with van der Waals surface area (Å²) < 4.78 is 30.2. The van der Waals surface area contributed by atoms with Gasteiger partial charge in [0.05, 0.1) is 6.54 Å². The van der Waals surface area contributed by atoms with Crippen LogP contribution in [0.5, 0.6) is 5.75 Å². The Morgan fingerprint density at radius 1 is 1.47 bits per heavy atom. The summed E-state index contributed by atoms with van der Waals surface area (Å²) in [6, 6.07) is 5.47. The SMILES string of the molecule is CN(CCOc1ccc(F)cc1)C(=O)C(F)Cl. The predicted octanol–water partition coefficient (Wildman–Crippen LogP) is 2.20. The molecule has 0 heterocycles. The van der Waals surface area contributed by atoms with Gasteiger partial charge in [0.25, 0.3) is 11.5 Å². The maximum absolute atomic E-state index is 12.6. The zero-order valence-corrected chi connectivity index (χ0v) is 9.95. The fourth-order valence-corrected chi connectivity index (χ4v) is 1.27. The van der Waals surface area contributed by atoms with Crippen LogP contribution in [0.15, 0.2) is 24.3 Å². The van der Waals surface area contributed by atoms with Gasteiger partial charge in [-0.1, -0.05) is 11.6 Å². The number of carbonyl (C=O) groups excluding carboxylic acids is 1. The molecule has 0 bridgehead atoms. The predicted molar refractivity (Wildman–Crippen MR) is 60.3 cm³/mol. The molecule has 0 saturated carbocycles. The van der Waals surface area contributed by atoms with Crippen molar-refractivity contribution in [2.75, 3.05) is 20.2 Å². The molecule has 1 aromatic rings. The van der Waals surface area contributed by atoms with Crippen LogP contribution in [0.4, 0.5) is 8.78 Å². The van der Waals surface area contributed by atoms with E-state index in [1.807, 2.05) is 0 Å². The smallest absolute Gasteiger partial charge is 0.272 e. The number of hydrogen-bond acceptors (Lipinski definition) is 2. The molecular weight excluding hydrogens is 252 g/mol. The lowest BCUT2D eigenvalue weighted by atomic mass is 10.3. The van der Waals surface area contributed by atoms with E-state index in [0.717, 1.165) is 4.90 Å². The Bertz CT molecular complexity index is 370. The number of carbonyl (C=O) groups is 1. The van der Waals surface area contributed by atoms with Gasteiger partial charge in [0.2, 0.25) is 0 Å². The molecule has 6 heteroatoms. The molecule has 1 rings (SSSR count). The fourth-order valence-electron chi connectivity index (χ4n) is 1.11. The van der Waals surface area contributed by atoms with Crippen molar-refractivity contribution in [3.63, 3.8) is 0 Å². The van der Waals surface area contributed by atoms with Crippen LogP contribution < -0.4 is 4.74 Å². The molecule has 0 aromatic heterocycles.